The van der Waals surface area contributed by atoms with Crippen LogP contribution >= 0.6 is 0 Å². The summed E-state index contributed by atoms with van der Waals surface area (Å²) >= 11 is 0. The van der Waals surface area contributed by atoms with Gasteiger partial charge in [0.2, 0.25) is 0 Å². The van der Waals surface area contributed by atoms with Crippen LogP contribution in [0.1, 0.15) is 11.4 Å². The summed E-state index contributed by atoms with van der Waals surface area (Å²) in [6, 6.07) is 69.2. The summed E-state index contributed by atoms with van der Waals surface area (Å²) in [5.41, 5.74) is 1.21. The Balaban J connectivity index is 0.000000182. The molecular weight excluding hydrogens is 773 g/mol. The van der Waals surface area contributed by atoms with Gasteiger partial charge >= 0.3 is 21.7 Å². The first kappa shape index (κ1) is 44.3. The van der Waals surface area contributed by atoms with Crippen LogP contribution in [0.3, 0.4) is 0 Å². The van der Waals surface area contributed by atoms with Crippen molar-refractivity contribution < 1.29 is 41.5 Å². The quantitative estimate of drug-likeness (QED) is 0.171. The van der Waals surface area contributed by atoms with E-state index in [2.05, 4.69) is 9.97 Å². The number of pyridine rings is 2. The molecule has 0 saturated heterocycles. The first-order valence-electron chi connectivity index (χ1n) is 18.2. The molecule has 2 aromatic heterocycles. The van der Waals surface area contributed by atoms with Crippen LogP contribution in [-0.4, -0.2) is 26.6 Å². The van der Waals surface area contributed by atoms with E-state index in [1.807, 2.05) is 182 Å². The van der Waals surface area contributed by atoms with Crippen LogP contribution in [0.5, 0.6) is 0 Å². The molecule has 6 nitrogen and oxygen atoms in total. The fourth-order valence-electron chi connectivity index (χ4n) is 6.00. The Morgan fingerprint density at radius 3 is 0.632 bits per heavy atom. The summed E-state index contributed by atoms with van der Waals surface area (Å²) in [6.45, 7) is -0.443. The Kier molecular flexibility index (Phi) is 18.4. The Labute approximate surface area is 352 Å². The molecule has 0 N–H and O–H groups in total. The van der Waals surface area contributed by atoms with Crippen LogP contribution in [0.4, 0.5) is 0 Å². The van der Waals surface area contributed by atoms with Crippen LogP contribution in [0, 0.1) is 0 Å². The second-order valence-corrected chi connectivity index (χ2v) is 18.7. The van der Waals surface area contributed by atoms with Crippen LogP contribution in [0.15, 0.2) is 231 Å². The summed E-state index contributed by atoms with van der Waals surface area (Å²) in [4.78, 5) is 35.3. The fraction of sp³-hybridized carbons (Fsp3) is 0.0417. The van der Waals surface area contributed by atoms with E-state index in [1.165, 1.54) is 0 Å². The Hall–Kier alpha value is -5.39. The van der Waals surface area contributed by atoms with Gasteiger partial charge in [0.25, 0.3) is 0 Å². The molecule has 6 aromatic carbocycles. The number of rotatable bonds is 8. The van der Waals surface area contributed by atoms with Crippen molar-refractivity contribution >= 4 is 47.8 Å². The molecule has 0 spiro atoms. The molecule has 0 aliphatic heterocycles. The van der Waals surface area contributed by atoms with Crippen molar-refractivity contribution in [3.05, 3.63) is 242 Å². The van der Waals surface area contributed by atoms with Crippen molar-refractivity contribution in [1.29, 1.82) is 0 Å². The van der Waals surface area contributed by atoms with Gasteiger partial charge in [-0.05, 0) is 24.3 Å². The smallest absolute Gasteiger partial charge is 0.850 e. The van der Waals surface area contributed by atoms with E-state index in [0.717, 1.165) is 31.1 Å². The van der Waals surface area contributed by atoms with Gasteiger partial charge in [0, 0.05) is 23.8 Å². The summed E-state index contributed by atoms with van der Waals surface area (Å²) in [7, 11) is -6.26. The fourth-order valence-corrected chi connectivity index (χ4v) is 12.0. The molecular formula is C48H42N2O4Si2Ti. The van der Waals surface area contributed by atoms with E-state index in [-0.39, 0.29) is 34.9 Å². The molecule has 0 aliphatic carbocycles. The number of nitrogens with zero attached hydrogens (tertiary/aromatic N) is 2. The molecule has 0 fully saturated rings. The predicted molar refractivity (Wildman–Crippen MR) is 224 cm³/mol. The number of benzene rings is 6. The minimum Gasteiger partial charge on any atom is -0.850 e. The third-order valence-electron chi connectivity index (χ3n) is 8.83. The second kappa shape index (κ2) is 23.6. The Bertz CT molecular complexity index is 1880. The average Bonchev–Trinajstić information content (AvgIpc) is 3.31. The molecule has 2 heterocycles. The van der Waals surface area contributed by atoms with Crippen LogP contribution in [0.25, 0.3) is 0 Å². The SMILES string of the molecule is [O-]Cc1ccccn1.[O-]Cc1ccccn1.[O-][Si](c1ccccc1)(c1ccccc1)c1ccccc1.[O-][Si](c1ccccc1)(c1ccccc1)c1ccccc1.[Ti+4]. The standard InChI is InChI=1S/2C18H15OSi.2C6H6NO.Ti/c2*19-20(16-10-4-1-5-11-16,17-12-6-2-7-13-17)18-14-8-3-9-15-18;2*8-5-6-3-1-2-4-7-6;/h2*1-15H;2*1-4H,5H2;/q4*-1;+4. The van der Waals surface area contributed by atoms with E-state index in [9.17, 15) is 19.8 Å². The van der Waals surface area contributed by atoms with E-state index >= 15 is 0 Å². The number of hydrogen-bond acceptors (Lipinski definition) is 6. The van der Waals surface area contributed by atoms with Crippen molar-refractivity contribution in [2.24, 2.45) is 0 Å². The summed E-state index contributed by atoms with van der Waals surface area (Å²) in [6.07, 6.45) is 3.24. The molecule has 9 heteroatoms. The molecule has 0 unspecified atom stereocenters. The molecule has 0 atom stereocenters. The Morgan fingerprint density at radius 1 is 0.298 bits per heavy atom. The molecule has 8 rings (SSSR count). The van der Waals surface area contributed by atoms with Gasteiger partial charge in [-0.1, -0.05) is 238 Å². The van der Waals surface area contributed by atoms with Gasteiger partial charge in [0.05, 0.1) is 16.6 Å². The third kappa shape index (κ3) is 12.3. The second-order valence-electron chi connectivity index (χ2n) is 12.5. The zero-order chi connectivity index (χ0) is 39.3. The zero-order valence-electron chi connectivity index (χ0n) is 31.4. The minimum atomic E-state index is -3.13. The molecule has 0 bridgehead atoms. The Morgan fingerprint density at radius 2 is 0.491 bits per heavy atom. The van der Waals surface area contributed by atoms with Gasteiger partial charge in [-0.15, -0.1) is 0 Å². The molecule has 0 amide bonds. The van der Waals surface area contributed by atoms with Gasteiger partial charge in [0.15, 0.2) is 0 Å². The maximum Gasteiger partial charge on any atom is 4.00 e. The van der Waals surface area contributed by atoms with E-state index in [0.29, 0.717) is 11.4 Å². The molecule has 0 radical (unpaired) electrons. The maximum absolute atomic E-state index is 13.8. The molecule has 0 aliphatic rings. The van der Waals surface area contributed by atoms with E-state index in [1.54, 1.807) is 48.8 Å². The van der Waals surface area contributed by atoms with Gasteiger partial charge < -0.3 is 19.8 Å². The van der Waals surface area contributed by atoms with Gasteiger partial charge in [-0.25, -0.2) is 0 Å². The molecule has 280 valence electrons. The average molecular weight is 815 g/mol. The number of aromatic nitrogens is 2. The van der Waals surface area contributed by atoms with E-state index < -0.39 is 16.6 Å². The number of hydrogen-bond donors (Lipinski definition) is 0. The monoisotopic (exact) mass is 814 g/mol. The van der Waals surface area contributed by atoms with Crippen molar-refractivity contribution in [2.75, 3.05) is 0 Å². The summed E-state index contributed by atoms with van der Waals surface area (Å²) in [5.74, 6) is 0. The van der Waals surface area contributed by atoms with Crippen molar-refractivity contribution in [3.8, 4) is 0 Å². The van der Waals surface area contributed by atoms with Crippen molar-refractivity contribution in [3.63, 3.8) is 0 Å². The first-order valence-corrected chi connectivity index (χ1v) is 22.0. The van der Waals surface area contributed by atoms with Gasteiger partial charge in [-0.2, -0.15) is 0 Å². The predicted octanol–water partition coefficient (Wildman–Crippen LogP) is 1.91. The molecule has 57 heavy (non-hydrogen) atoms. The maximum atomic E-state index is 13.8. The third-order valence-corrected chi connectivity index (χ3v) is 15.7. The van der Waals surface area contributed by atoms with Crippen LogP contribution in [0.2, 0.25) is 0 Å². The first-order chi connectivity index (χ1) is 27.5. The largest absolute Gasteiger partial charge is 4.00 e. The topological polar surface area (TPSA) is 118 Å². The summed E-state index contributed by atoms with van der Waals surface area (Å²) in [5, 5.41) is 25.5. The summed E-state index contributed by atoms with van der Waals surface area (Å²) < 4.78 is 0. The van der Waals surface area contributed by atoms with E-state index in [4.69, 9.17) is 0 Å². The zero-order valence-corrected chi connectivity index (χ0v) is 34.9. The van der Waals surface area contributed by atoms with Crippen LogP contribution in [-0.2, 0) is 34.9 Å². The van der Waals surface area contributed by atoms with Crippen molar-refractivity contribution in [2.45, 2.75) is 13.2 Å². The minimum absolute atomic E-state index is 0. The van der Waals surface area contributed by atoms with Gasteiger partial charge in [0.1, 0.15) is 0 Å². The molecule has 8 aromatic rings. The van der Waals surface area contributed by atoms with Crippen LogP contribution < -0.4 is 50.9 Å². The van der Waals surface area contributed by atoms with Crippen molar-refractivity contribution in [1.82, 2.24) is 9.97 Å². The van der Waals surface area contributed by atoms with Gasteiger partial charge in [-0.3, -0.25) is 9.97 Å². The normalized spacial score (nSPS) is 10.5. The molecule has 0 saturated carbocycles.